The Morgan fingerprint density at radius 2 is 1.89 bits per heavy atom. The van der Waals surface area contributed by atoms with Gasteiger partial charge in [0.05, 0.1) is 0 Å². The highest BCUT2D eigenvalue weighted by molar-refractivity contribution is 6.29. The first kappa shape index (κ1) is 15.0. The van der Waals surface area contributed by atoms with Crippen LogP contribution >= 0.6 is 11.6 Å². The van der Waals surface area contributed by atoms with Gasteiger partial charge in [0, 0.05) is 31.2 Å². The number of hydrogen-bond acceptors (Lipinski definition) is 5. The molecule has 0 aliphatic carbocycles. The van der Waals surface area contributed by atoms with Crippen LogP contribution in [0.3, 0.4) is 0 Å². The average Bonchev–Trinajstić information content (AvgIpc) is 2.21. The van der Waals surface area contributed by atoms with Crippen molar-refractivity contribution in [3.63, 3.8) is 0 Å². The molecule has 1 aromatic rings. The lowest BCUT2D eigenvalue weighted by molar-refractivity contribution is 0.182. The zero-order valence-corrected chi connectivity index (χ0v) is 12.2. The second-order valence-electron chi connectivity index (χ2n) is 4.79. The maximum atomic E-state index is 5.81. The van der Waals surface area contributed by atoms with Gasteiger partial charge in [-0.25, -0.2) is 4.98 Å². The fraction of sp³-hybridized carbons (Fsp3) is 0.667. The summed E-state index contributed by atoms with van der Waals surface area (Å²) in [7, 11) is 0. The van der Waals surface area contributed by atoms with Crippen LogP contribution < -0.4 is 11.1 Å². The van der Waals surface area contributed by atoms with Crippen LogP contribution in [0.1, 0.15) is 27.7 Å². The highest BCUT2D eigenvalue weighted by Crippen LogP contribution is 2.12. The van der Waals surface area contributed by atoms with Gasteiger partial charge < -0.3 is 11.1 Å². The Labute approximate surface area is 114 Å². The van der Waals surface area contributed by atoms with Crippen molar-refractivity contribution in [2.75, 3.05) is 24.1 Å². The van der Waals surface area contributed by atoms with Crippen LogP contribution in [-0.4, -0.2) is 40.0 Å². The van der Waals surface area contributed by atoms with Crippen LogP contribution in [0.2, 0.25) is 5.15 Å². The minimum atomic E-state index is 0.189. The molecule has 0 fully saturated rings. The number of rotatable bonds is 6. The first-order valence-electron chi connectivity index (χ1n) is 6.20. The number of nitrogen functional groups attached to an aromatic ring is 1. The minimum Gasteiger partial charge on any atom is -0.369 e. The van der Waals surface area contributed by atoms with E-state index in [1.807, 2.05) is 0 Å². The molecule has 1 rings (SSSR count). The highest BCUT2D eigenvalue weighted by Gasteiger charge is 2.12. The molecule has 0 saturated carbocycles. The SMILES string of the molecule is CC(C)N(CCNc1cc(Cl)nc(N)n1)C(C)C. The summed E-state index contributed by atoms with van der Waals surface area (Å²) in [4.78, 5) is 10.3. The minimum absolute atomic E-state index is 0.189. The third-order valence-electron chi connectivity index (χ3n) is 2.71. The molecule has 0 aliphatic heterocycles. The lowest BCUT2D eigenvalue weighted by Gasteiger charge is -2.30. The monoisotopic (exact) mass is 271 g/mol. The molecule has 6 heteroatoms. The lowest BCUT2D eigenvalue weighted by Crippen LogP contribution is -2.40. The molecule has 0 radical (unpaired) electrons. The Morgan fingerprint density at radius 1 is 1.28 bits per heavy atom. The summed E-state index contributed by atoms with van der Waals surface area (Å²) in [6.45, 7) is 10.5. The van der Waals surface area contributed by atoms with Crippen LogP contribution in [0.4, 0.5) is 11.8 Å². The van der Waals surface area contributed by atoms with E-state index in [-0.39, 0.29) is 5.95 Å². The molecule has 0 unspecified atom stereocenters. The molecule has 0 spiro atoms. The van der Waals surface area contributed by atoms with Gasteiger partial charge in [-0.2, -0.15) is 4.98 Å². The number of hydrogen-bond donors (Lipinski definition) is 2. The molecule has 18 heavy (non-hydrogen) atoms. The first-order valence-corrected chi connectivity index (χ1v) is 6.57. The van der Waals surface area contributed by atoms with Crippen LogP contribution in [-0.2, 0) is 0 Å². The number of anilines is 2. The van der Waals surface area contributed by atoms with Gasteiger partial charge in [-0.05, 0) is 27.7 Å². The summed E-state index contributed by atoms with van der Waals surface area (Å²) in [5.74, 6) is 0.856. The third-order valence-corrected chi connectivity index (χ3v) is 2.91. The number of nitrogens with two attached hydrogens (primary N) is 1. The number of nitrogens with one attached hydrogen (secondary N) is 1. The summed E-state index contributed by atoms with van der Waals surface area (Å²) in [6.07, 6.45) is 0. The quantitative estimate of drug-likeness (QED) is 0.777. The van der Waals surface area contributed by atoms with E-state index in [1.54, 1.807) is 6.07 Å². The van der Waals surface area contributed by atoms with E-state index >= 15 is 0 Å². The van der Waals surface area contributed by atoms with Crippen LogP contribution in [0, 0.1) is 0 Å². The summed E-state index contributed by atoms with van der Waals surface area (Å²) < 4.78 is 0. The molecule has 0 bridgehead atoms. The molecule has 5 nitrogen and oxygen atoms in total. The standard InChI is InChI=1S/C12H22ClN5/c1-8(2)18(9(3)4)6-5-15-11-7-10(13)16-12(14)17-11/h7-9H,5-6H2,1-4H3,(H3,14,15,16,17). The summed E-state index contributed by atoms with van der Waals surface area (Å²) in [6, 6.07) is 2.71. The Bertz CT molecular complexity index is 352. The molecule has 102 valence electrons. The largest absolute Gasteiger partial charge is 0.369 e. The van der Waals surface area contributed by atoms with Gasteiger partial charge in [0.2, 0.25) is 5.95 Å². The molecule has 0 aromatic carbocycles. The Morgan fingerprint density at radius 3 is 2.39 bits per heavy atom. The smallest absolute Gasteiger partial charge is 0.223 e. The van der Waals surface area contributed by atoms with E-state index in [2.05, 4.69) is 47.9 Å². The summed E-state index contributed by atoms with van der Waals surface area (Å²) in [5, 5.41) is 3.57. The van der Waals surface area contributed by atoms with Crippen molar-refractivity contribution < 1.29 is 0 Å². The van der Waals surface area contributed by atoms with Gasteiger partial charge >= 0.3 is 0 Å². The maximum absolute atomic E-state index is 5.81. The van der Waals surface area contributed by atoms with E-state index in [0.29, 0.717) is 23.1 Å². The number of aromatic nitrogens is 2. The van der Waals surface area contributed by atoms with Crippen molar-refractivity contribution in [3.05, 3.63) is 11.2 Å². The zero-order chi connectivity index (χ0) is 13.7. The van der Waals surface area contributed by atoms with Crippen molar-refractivity contribution in [1.82, 2.24) is 14.9 Å². The summed E-state index contributed by atoms with van der Waals surface area (Å²) >= 11 is 5.81. The van der Waals surface area contributed by atoms with Gasteiger partial charge in [-0.15, -0.1) is 0 Å². The molecule has 0 aliphatic rings. The first-order chi connectivity index (χ1) is 8.40. The van der Waals surface area contributed by atoms with Crippen LogP contribution in [0.25, 0.3) is 0 Å². The van der Waals surface area contributed by atoms with Crippen molar-refractivity contribution in [2.24, 2.45) is 0 Å². The fourth-order valence-electron chi connectivity index (χ4n) is 1.95. The van der Waals surface area contributed by atoms with E-state index in [1.165, 1.54) is 0 Å². The Hall–Kier alpha value is -1.07. The molecule has 1 aromatic heterocycles. The highest BCUT2D eigenvalue weighted by atomic mass is 35.5. The normalized spacial score (nSPS) is 11.6. The average molecular weight is 272 g/mol. The second-order valence-corrected chi connectivity index (χ2v) is 5.17. The molecule has 0 atom stereocenters. The fourth-order valence-corrected chi connectivity index (χ4v) is 2.14. The molecule has 3 N–H and O–H groups in total. The van der Waals surface area contributed by atoms with Crippen molar-refractivity contribution in [3.8, 4) is 0 Å². The molecule has 0 amide bonds. The van der Waals surface area contributed by atoms with E-state index in [0.717, 1.165) is 13.1 Å². The molecule has 0 saturated heterocycles. The second kappa shape index (κ2) is 6.75. The van der Waals surface area contributed by atoms with Gasteiger partial charge in [-0.3, -0.25) is 4.90 Å². The van der Waals surface area contributed by atoms with Gasteiger partial charge in [0.25, 0.3) is 0 Å². The zero-order valence-electron chi connectivity index (χ0n) is 11.4. The Balaban J connectivity index is 2.50. The molecular formula is C12H22ClN5. The van der Waals surface area contributed by atoms with Crippen molar-refractivity contribution in [1.29, 1.82) is 0 Å². The van der Waals surface area contributed by atoms with Crippen LogP contribution in [0.5, 0.6) is 0 Å². The predicted octanol–water partition coefficient (Wildman–Crippen LogP) is 2.24. The summed E-state index contributed by atoms with van der Waals surface area (Å²) in [5.41, 5.74) is 5.53. The van der Waals surface area contributed by atoms with Gasteiger partial charge in [0.1, 0.15) is 11.0 Å². The van der Waals surface area contributed by atoms with Gasteiger partial charge in [0.15, 0.2) is 0 Å². The third kappa shape index (κ3) is 4.66. The van der Waals surface area contributed by atoms with E-state index in [9.17, 15) is 0 Å². The maximum Gasteiger partial charge on any atom is 0.223 e. The molecule has 1 heterocycles. The van der Waals surface area contributed by atoms with Gasteiger partial charge in [-0.1, -0.05) is 11.6 Å². The molecular weight excluding hydrogens is 250 g/mol. The van der Waals surface area contributed by atoms with Crippen molar-refractivity contribution >= 4 is 23.4 Å². The number of nitrogens with zero attached hydrogens (tertiary/aromatic N) is 3. The van der Waals surface area contributed by atoms with Crippen LogP contribution in [0.15, 0.2) is 6.07 Å². The van der Waals surface area contributed by atoms with E-state index < -0.39 is 0 Å². The van der Waals surface area contributed by atoms with Crippen molar-refractivity contribution in [2.45, 2.75) is 39.8 Å². The topological polar surface area (TPSA) is 67.1 Å². The predicted molar refractivity (Wildman–Crippen MR) is 76.9 cm³/mol. The Kier molecular flexibility index (Phi) is 5.62. The lowest BCUT2D eigenvalue weighted by atomic mass is 10.2. The number of halogens is 1. The van der Waals surface area contributed by atoms with E-state index in [4.69, 9.17) is 17.3 Å².